The first-order chi connectivity index (χ1) is 10.6. The molecule has 22 heavy (non-hydrogen) atoms. The van der Waals surface area contributed by atoms with E-state index in [-0.39, 0.29) is 11.6 Å². The Balaban J connectivity index is 1.81. The van der Waals surface area contributed by atoms with Crippen LogP contribution >= 0.6 is 0 Å². The van der Waals surface area contributed by atoms with E-state index in [9.17, 15) is 4.79 Å². The van der Waals surface area contributed by atoms with E-state index < -0.39 is 5.97 Å². The lowest BCUT2D eigenvalue weighted by Gasteiger charge is -2.33. The number of carboxylic acid groups (broad SMARTS) is 1. The van der Waals surface area contributed by atoms with Gasteiger partial charge in [-0.1, -0.05) is 30.3 Å². The van der Waals surface area contributed by atoms with Gasteiger partial charge in [-0.3, -0.25) is 0 Å². The van der Waals surface area contributed by atoms with Gasteiger partial charge >= 0.3 is 5.97 Å². The maximum absolute atomic E-state index is 11.0. The van der Waals surface area contributed by atoms with Crippen molar-refractivity contribution in [3.05, 3.63) is 59.7 Å². The maximum Gasteiger partial charge on any atom is 0.335 e. The quantitative estimate of drug-likeness (QED) is 0.905. The van der Waals surface area contributed by atoms with E-state index in [1.165, 1.54) is 0 Å². The highest BCUT2D eigenvalue weighted by Crippen LogP contribution is 2.33. The van der Waals surface area contributed by atoms with Gasteiger partial charge in [-0.25, -0.2) is 4.79 Å². The van der Waals surface area contributed by atoms with Gasteiger partial charge in [0.15, 0.2) is 0 Å². The van der Waals surface area contributed by atoms with Crippen molar-refractivity contribution in [1.29, 1.82) is 0 Å². The molecule has 3 rings (SSSR count). The van der Waals surface area contributed by atoms with Gasteiger partial charge in [0.2, 0.25) is 0 Å². The Labute approximate surface area is 128 Å². The second-order valence-corrected chi connectivity index (χ2v) is 5.30. The molecule has 5 nitrogen and oxygen atoms in total. The first-order valence-corrected chi connectivity index (χ1v) is 7.21. The fraction of sp³-hybridized carbons (Fsp3) is 0.235. The van der Waals surface area contributed by atoms with Crippen molar-refractivity contribution in [3.63, 3.8) is 0 Å². The monoisotopic (exact) mass is 298 g/mol. The average Bonchev–Trinajstić information content (AvgIpc) is 2.55. The topological polar surface area (TPSA) is 75.8 Å². The van der Waals surface area contributed by atoms with Crippen LogP contribution < -0.4 is 15.4 Å². The van der Waals surface area contributed by atoms with Crippen LogP contribution in [-0.4, -0.2) is 30.8 Å². The highest BCUT2D eigenvalue weighted by atomic mass is 16.5. The van der Waals surface area contributed by atoms with Crippen molar-refractivity contribution in [2.45, 2.75) is 6.04 Å². The van der Waals surface area contributed by atoms with Crippen molar-refractivity contribution in [3.8, 4) is 5.75 Å². The summed E-state index contributed by atoms with van der Waals surface area (Å²) < 4.78 is 5.59. The summed E-state index contributed by atoms with van der Waals surface area (Å²) in [5, 5.41) is 9.06. The van der Waals surface area contributed by atoms with Gasteiger partial charge in [0.05, 0.1) is 17.8 Å². The first kappa shape index (κ1) is 14.4. The molecule has 1 aliphatic heterocycles. The number of ether oxygens (including phenoxy) is 1. The Bertz CT molecular complexity index is 673. The largest absolute Gasteiger partial charge is 0.490 e. The van der Waals surface area contributed by atoms with Gasteiger partial charge in [0.25, 0.3) is 0 Å². The van der Waals surface area contributed by atoms with Crippen molar-refractivity contribution in [2.75, 3.05) is 24.6 Å². The van der Waals surface area contributed by atoms with Crippen LogP contribution in [0.3, 0.4) is 0 Å². The number of carboxylic acids is 1. The lowest BCUT2D eigenvalue weighted by Crippen LogP contribution is -2.38. The molecular formula is C17H18N2O3. The van der Waals surface area contributed by atoms with Gasteiger partial charge < -0.3 is 20.5 Å². The van der Waals surface area contributed by atoms with Crippen LogP contribution in [0.25, 0.3) is 0 Å². The van der Waals surface area contributed by atoms with Gasteiger partial charge in [-0.05, 0) is 23.8 Å². The summed E-state index contributed by atoms with van der Waals surface area (Å²) in [5.74, 6) is -0.351. The number of hydrogen-bond donors (Lipinski definition) is 2. The van der Waals surface area contributed by atoms with Gasteiger partial charge in [-0.15, -0.1) is 0 Å². The Kier molecular flexibility index (Phi) is 3.98. The normalized spacial score (nSPS) is 14.9. The molecule has 0 spiro atoms. The Hall–Kier alpha value is -2.53. The molecule has 1 atom stereocenters. The zero-order chi connectivity index (χ0) is 15.5. The molecule has 0 saturated heterocycles. The molecular weight excluding hydrogens is 280 g/mol. The van der Waals surface area contributed by atoms with Crippen LogP contribution in [0.15, 0.2) is 48.5 Å². The molecule has 2 aromatic rings. The highest BCUT2D eigenvalue weighted by Gasteiger charge is 2.21. The van der Waals surface area contributed by atoms with E-state index in [1.54, 1.807) is 18.2 Å². The number of carbonyl (C=O) groups is 1. The first-order valence-electron chi connectivity index (χ1n) is 7.21. The van der Waals surface area contributed by atoms with Crippen molar-refractivity contribution in [2.24, 2.45) is 5.73 Å². The molecule has 0 unspecified atom stereocenters. The summed E-state index contributed by atoms with van der Waals surface area (Å²) >= 11 is 0. The van der Waals surface area contributed by atoms with E-state index in [2.05, 4.69) is 4.90 Å². The molecule has 1 aliphatic rings. The number of nitrogens with zero attached hydrogens (tertiary/aromatic N) is 1. The zero-order valence-electron chi connectivity index (χ0n) is 12.1. The van der Waals surface area contributed by atoms with Crippen LogP contribution in [0, 0.1) is 0 Å². The second-order valence-electron chi connectivity index (χ2n) is 5.30. The molecule has 0 amide bonds. The predicted octanol–water partition coefficient (Wildman–Crippen LogP) is 2.28. The third-order valence-corrected chi connectivity index (χ3v) is 3.81. The van der Waals surface area contributed by atoms with E-state index >= 15 is 0 Å². The van der Waals surface area contributed by atoms with Crippen molar-refractivity contribution < 1.29 is 14.6 Å². The molecule has 1 heterocycles. The minimum atomic E-state index is -0.954. The SMILES string of the molecule is N[C@@H](CN1CCOc2cc(C(=O)O)ccc21)c1ccccc1. The Morgan fingerprint density at radius 2 is 2.05 bits per heavy atom. The van der Waals surface area contributed by atoms with Crippen LogP contribution in [0.4, 0.5) is 5.69 Å². The minimum absolute atomic E-state index is 0.105. The summed E-state index contributed by atoms with van der Waals surface area (Å²) in [5.41, 5.74) is 8.49. The third-order valence-electron chi connectivity index (χ3n) is 3.81. The van der Waals surface area contributed by atoms with E-state index in [0.717, 1.165) is 17.8 Å². The number of anilines is 1. The van der Waals surface area contributed by atoms with Crippen molar-refractivity contribution in [1.82, 2.24) is 0 Å². The van der Waals surface area contributed by atoms with E-state index in [0.29, 0.717) is 18.9 Å². The molecule has 0 saturated carbocycles. The number of fused-ring (bicyclic) bond motifs is 1. The van der Waals surface area contributed by atoms with Gasteiger partial charge in [0, 0.05) is 12.6 Å². The minimum Gasteiger partial charge on any atom is -0.490 e. The molecule has 0 aromatic heterocycles. The van der Waals surface area contributed by atoms with Crippen LogP contribution in [0.2, 0.25) is 0 Å². The number of hydrogen-bond acceptors (Lipinski definition) is 4. The summed E-state index contributed by atoms with van der Waals surface area (Å²) in [7, 11) is 0. The predicted molar refractivity (Wildman–Crippen MR) is 84.5 cm³/mol. The highest BCUT2D eigenvalue weighted by molar-refractivity contribution is 5.89. The van der Waals surface area contributed by atoms with E-state index in [1.807, 2.05) is 30.3 Å². The number of nitrogens with two attached hydrogens (primary N) is 1. The van der Waals surface area contributed by atoms with Gasteiger partial charge in [-0.2, -0.15) is 0 Å². The van der Waals surface area contributed by atoms with Crippen molar-refractivity contribution >= 4 is 11.7 Å². The van der Waals surface area contributed by atoms with Crippen LogP contribution in [0.1, 0.15) is 22.0 Å². The number of benzene rings is 2. The smallest absolute Gasteiger partial charge is 0.335 e. The lowest BCUT2D eigenvalue weighted by molar-refractivity contribution is 0.0696. The third kappa shape index (κ3) is 2.89. The summed E-state index contributed by atoms with van der Waals surface area (Å²) in [6, 6.07) is 14.8. The summed E-state index contributed by atoms with van der Waals surface area (Å²) in [6.45, 7) is 1.92. The number of rotatable bonds is 4. The standard InChI is InChI=1S/C17H18N2O3/c18-14(12-4-2-1-3-5-12)11-19-8-9-22-16-10-13(17(20)21)6-7-15(16)19/h1-7,10,14H,8-9,11,18H2,(H,20,21)/t14-/m0/s1. The molecule has 0 fully saturated rings. The molecule has 114 valence electrons. The lowest BCUT2D eigenvalue weighted by atomic mass is 10.1. The molecule has 3 N–H and O–H groups in total. The molecule has 0 radical (unpaired) electrons. The molecule has 0 aliphatic carbocycles. The molecule has 5 heteroatoms. The maximum atomic E-state index is 11.0. The Morgan fingerprint density at radius 1 is 1.27 bits per heavy atom. The van der Waals surface area contributed by atoms with Crippen LogP contribution in [0.5, 0.6) is 5.75 Å². The second kappa shape index (κ2) is 6.07. The van der Waals surface area contributed by atoms with E-state index in [4.69, 9.17) is 15.6 Å². The Morgan fingerprint density at radius 3 is 2.77 bits per heavy atom. The fourth-order valence-corrected chi connectivity index (χ4v) is 2.64. The average molecular weight is 298 g/mol. The molecule has 0 bridgehead atoms. The fourth-order valence-electron chi connectivity index (χ4n) is 2.64. The summed E-state index contributed by atoms with van der Waals surface area (Å²) in [4.78, 5) is 13.2. The summed E-state index contributed by atoms with van der Waals surface area (Å²) in [6.07, 6.45) is 0. The molecule has 2 aromatic carbocycles. The zero-order valence-corrected chi connectivity index (χ0v) is 12.1. The number of aromatic carboxylic acids is 1. The van der Waals surface area contributed by atoms with Crippen LogP contribution in [-0.2, 0) is 0 Å². The van der Waals surface area contributed by atoms with Gasteiger partial charge in [0.1, 0.15) is 12.4 Å².